The molecule has 1 aromatic carbocycles. The zero-order chi connectivity index (χ0) is 12.4. The van der Waals surface area contributed by atoms with Gasteiger partial charge in [0.2, 0.25) is 5.91 Å². The van der Waals surface area contributed by atoms with Gasteiger partial charge in [-0.1, -0.05) is 25.1 Å². The van der Waals surface area contributed by atoms with Crippen LogP contribution in [0.4, 0.5) is 5.69 Å². The van der Waals surface area contributed by atoms with Crippen molar-refractivity contribution in [1.82, 2.24) is 4.57 Å². The first-order chi connectivity index (χ1) is 8.13. The lowest BCUT2D eigenvalue weighted by atomic mass is 10.1. The van der Waals surface area contributed by atoms with E-state index in [2.05, 4.69) is 5.32 Å². The van der Waals surface area contributed by atoms with E-state index in [0.717, 1.165) is 16.6 Å². The zero-order valence-corrected chi connectivity index (χ0v) is 10.1. The Kier molecular flexibility index (Phi) is 3.15. The first-order valence-corrected chi connectivity index (χ1v) is 5.68. The first-order valence-electron chi connectivity index (χ1n) is 5.68. The molecule has 0 aliphatic rings. The molecule has 4 heteroatoms. The molecule has 1 atom stereocenters. The fraction of sp³-hybridized carbons (Fsp3) is 0.308. The van der Waals surface area contributed by atoms with Crippen molar-refractivity contribution < 1.29 is 4.79 Å². The Labute approximate surface area is 100 Å². The van der Waals surface area contributed by atoms with E-state index in [1.165, 1.54) is 0 Å². The maximum absolute atomic E-state index is 11.8. The summed E-state index contributed by atoms with van der Waals surface area (Å²) in [7, 11) is 1.96. The van der Waals surface area contributed by atoms with Crippen LogP contribution in [0, 0.1) is 5.92 Å². The summed E-state index contributed by atoms with van der Waals surface area (Å²) in [5.41, 5.74) is 7.42. The molecule has 4 nitrogen and oxygen atoms in total. The number of fused-ring (bicyclic) bond motifs is 1. The van der Waals surface area contributed by atoms with Crippen molar-refractivity contribution in [3.05, 3.63) is 30.5 Å². The SMILES string of the molecule is CC(CN)C(=O)Nc1cn(C)c2ccccc12. The topological polar surface area (TPSA) is 60.1 Å². The summed E-state index contributed by atoms with van der Waals surface area (Å²) in [6.07, 6.45) is 1.92. The van der Waals surface area contributed by atoms with Gasteiger partial charge in [0.15, 0.2) is 0 Å². The predicted octanol–water partition coefficient (Wildman–Crippen LogP) is 1.71. The molecule has 2 rings (SSSR count). The van der Waals surface area contributed by atoms with Crippen LogP contribution in [0.5, 0.6) is 0 Å². The Morgan fingerprint density at radius 1 is 1.47 bits per heavy atom. The van der Waals surface area contributed by atoms with Crippen LogP contribution in [0.15, 0.2) is 30.5 Å². The monoisotopic (exact) mass is 231 g/mol. The predicted molar refractivity (Wildman–Crippen MR) is 69.8 cm³/mol. The molecular formula is C13H17N3O. The standard InChI is InChI=1S/C13H17N3O/c1-9(7-14)13(17)15-11-8-16(2)12-6-4-3-5-10(11)12/h3-6,8-9H,7,14H2,1-2H3,(H,15,17). The minimum atomic E-state index is -0.172. The van der Waals surface area contributed by atoms with Crippen molar-refractivity contribution in [1.29, 1.82) is 0 Å². The van der Waals surface area contributed by atoms with Crippen LogP contribution in [0.3, 0.4) is 0 Å². The number of nitrogens with one attached hydrogen (secondary N) is 1. The quantitative estimate of drug-likeness (QED) is 0.844. The third kappa shape index (κ3) is 2.17. The summed E-state index contributed by atoms with van der Waals surface area (Å²) in [5, 5.41) is 3.97. The molecule has 0 saturated carbocycles. The highest BCUT2D eigenvalue weighted by Gasteiger charge is 2.13. The van der Waals surface area contributed by atoms with E-state index < -0.39 is 0 Å². The van der Waals surface area contributed by atoms with Crippen LogP contribution in [0.25, 0.3) is 10.9 Å². The fourth-order valence-electron chi connectivity index (χ4n) is 1.80. The molecule has 1 unspecified atom stereocenters. The lowest BCUT2D eigenvalue weighted by molar-refractivity contribution is -0.119. The van der Waals surface area contributed by atoms with Crippen LogP contribution < -0.4 is 11.1 Å². The third-order valence-electron chi connectivity index (χ3n) is 2.96. The maximum atomic E-state index is 11.8. The summed E-state index contributed by atoms with van der Waals surface area (Å²) in [5.74, 6) is -0.210. The molecule has 90 valence electrons. The molecule has 0 spiro atoms. The van der Waals surface area contributed by atoms with Gasteiger partial charge in [0.05, 0.1) is 5.69 Å². The van der Waals surface area contributed by atoms with Crippen molar-refractivity contribution in [2.75, 3.05) is 11.9 Å². The number of amides is 1. The van der Waals surface area contributed by atoms with Gasteiger partial charge in [-0.2, -0.15) is 0 Å². The highest BCUT2D eigenvalue weighted by molar-refractivity contribution is 6.02. The Bertz CT molecular complexity index is 545. The van der Waals surface area contributed by atoms with Crippen LogP contribution in [-0.2, 0) is 11.8 Å². The molecule has 1 aromatic heterocycles. The number of para-hydroxylation sites is 1. The van der Waals surface area contributed by atoms with Crippen molar-refractivity contribution >= 4 is 22.5 Å². The number of aryl methyl sites for hydroxylation is 1. The molecule has 2 aromatic rings. The molecule has 0 saturated heterocycles. The van der Waals surface area contributed by atoms with Gasteiger partial charge in [-0.25, -0.2) is 0 Å². The third-order valence-corrected chi connectivity index (χ3v) is 2.96. The second kappa shape index (κ2) is 4.59. The number of rotatable bonds is 3. The van der Waals surface area contributed by atoms with Gasteiger partial charge in [-0.05, 0) is 6.07 Å². The minimum Gasteiger partial charge on any atom is -0.348 e. The highest BCUT2D eigenvalue weighted by atomic mass is 16.1. The molecule has 0 fully saturated rings. The number of nitrogens with two attached hydrogens (primary N) is 1. The molecule has 1 heterocycles. The van der Waals surface area contributed by atoms with Crippen LogP contribution in [0.1, 0.15) is 6.92 Å². The first kappa shape index (κ1) is 11.7. The number of anilines is 1. The average Bonchev–Trinajstić information content (AvgIpc) is 2.66. The highest BCUT2D eigenvalue weighted by Crippen LogP contribution is 2.25. The second-order valence-corrected chi connectivity index (χ2v) is 4.30. The number of carbonyl (C=O) groups is 1. The fourth-order valence-corrected chi connectivity index (χ4v) is 1.80. The van der Waals surface area contributed by atoms with E-state index in [9.17, 15) is 4.79 Å². The maximum Gasteiger partial charge on any atom is 0.228 e. The summed E-state index contributed by atoms with van der Waals surface area (Å²) in [4.78, 5) is 11.8. The lowest BCUT2D eigenvalue weighted by Crippen LogP contribution is -2.26. The van der Waals surface area contributed by atoms with E-state index >= 15 is 0 Å². The van der Waals surface area contributed by atoms with Crippen LogP contribution in [0.2, 0.25) is 0 Å². The normalized spacial score (nSPS) is 12.6. The summed E-state index contributed by atoms with van der Waals surface area (Å²) >= 11 is 0. The molecule has 17 heavy (non-hydrogen) atoms. The van der Waals surface area contributed by atoms with Gasteiger partial charge in [0, 0.05) is 36.6 Å². The molecule has 0 aliphatic heterocycles. The van der Waals surface area contributed by atoms with E-state index in [4.69, 9.17) is 5.73 Å². The van der Waals surface area contributed by atoms with Gasteiger partial charge in [0.25, 0.3) is 0 Å². The van der Waals surface area contributed by atoms with E-state index in [-0.39, 0.29) is 11.8 Å². The van der Waals surface area contributed by atoms with Gasteiger partial charge < -0.3 is 15.6 Å². The van der Waals surface area contributed by atoms with Crippen molar-refractivity contribution in [3.8, 4) is 0 Å². The van der Waals surface area contributed by atoms with Gasteiger partial charge >= 0.3 is 0 Å². The van der Waals surface area contributed by atoms with E-state index in [1.54, 1.807) is 0 Å². The summed E-state index contributed by atoms with van der Waals surface area (Å²) in [6.45, 7) is 2.18. The number of hydrogen-bond acceptors (Lipinski definition) is 2. The largest absolute Gasteiger partial charge is 0.348 e. The number of hydrogen-bond donors (Lipinski definition) is 2. The van der Waals surface area contributed by atoms with Gasteiger partial charge in [-0.15, -0.1) is 0 Å². The number of nitrogens with zero attached hydrogens (tertiary/aromatic N) is 1. The van der Waals surface area contributed by atoms with Gasteiger partial charge in [0.1, 0.15) is 0 Å². The Balaban J connectivity index is 2.34. The van der Waals surface area contributed by atoms with Gasteiger partial charge in [-0.3, -0.25) is 4.79 Å². The summed E-state index contributed by atoms with van der Waals surface area (Å²) in [6, 6.07) is 7.97. The Hall–Kier alpha value is -1.81. The smallest absolute Gasteiger partial charge is 0.228 e. The number of carbonyl (C=O) groups excluding carboxylic acids is 1. The van der Waals surface area contributed by atoms with E-state index in [1.807, 2.05) is 49.0 Å². The number of aromatic nitrogens is 1. The Morgan fingerprint density at radius 2 is 2.18 bits per heavy atom. The zero-order valence-electron chi connectivity index (χ0n) is 10.1. The summed E-state index contributed by atoms with van der Waals surface area (Å²) < 4.78 is 2.00. The molecule has 0 aliphatic carbocycles. The molecular weight excluding hydrogens is 214 g/mol. The van der Waals surface area contributed by atoms with E-state index in [0.29, 0.717) is 6.54 Å². The lowest BCUT2D eigenvalue weighted by Gasteiger charge is -2.08. The molecule has 3 N–H and O–H groups in total. The second-order valence-electron chi connectivity index (χ2n) is 4.30. The molecule has 0 radical (unpaired) electrons. The molecule has 0 bridgehead atoms. The molecule has 1 amide bonds. The average molecular weight is 231 g/mol. The van der Waals surface area contributed by atoms with Crippen molar-refractivity contribution in [2.24, 2.45) is 18.7 Å². The Morgan fingerprint density at radius 3 is 2.88 bits per heavy atom. The van der Waals surface area contributed by atoms with Crippen LogP contribution >= 0.6 is 0 Å². The minimum absolute atomic E-state index is 0.0381. The van der Waals surface area contributed by atoms with Crippen molar-refractivity contribution in [3.63, 3.8) is 0 Å². The number of benzene rings is 1. The van der Waals surface area contributed by atoms with Crippen LogP contribution in [-0.4, -0.2) is 17.0 Å². The van der Waals surface area contributed by atoms with Crippen molar-refractivity contribution in [2.45, 2.75) is 6.92 Å².